The number of methoxy groups -OCH3 is 1. The number of likely N-dealkylation sites (N-methyl/N-ethyl adjacent to an activating group) is 1. The Kier molecular flexibility index (Phi) is 10.4. The number of nitrogens with zero attached hydrogens (tertiary/aromatic N) is 1. The van der Waals surface area contributed by atoms with Crippen LogP contribution in [0.3, 0.4) is 0 Å². The second kappa shape index (κ2) is 13.2. The summed E-state index contributed by atoms with van der Waals surface area (Å²) in [6.07, 6.45) is 5.49. The summed E-state index contributed by atoms with van der Waals surface area (Å²) in [6.45, 7) is 4.24. The lowest BCUT2D eigenvalue weighted by Crippen LogP contribution is -2.38. The molecule has 0 saturated heterocycles. The van der Waals surface area contributed by atoms with Gasteiger partial charge in [-0.25, -0.2) is 0 Å². The Labute approximate surface area is 210 Å². The maximum atomic E-state index is 12.8. The number of aryl methyl sites for hydroxylation is 1. The lowest BCUT2D eigenvalue weighted by Gasteiger charge is -2.26. The Morgan fingerprint density at radius 3 is 2.76 bits per heavy atom. The van der Waals surface area contributed by atoms with Gasteiger partial charge in [-0.3, -0.25) is 4.79 Å². The first kappa shape index (κ1) is 26.7. The van der Waals surface area contributed by atoms with Gasteiger partial charge in [-0.15, -0.1) is 0 Å². The fourth-order valence-corrected chi connectivity index (χ4v) is 5.24. The third-order valence-electron chi connectivity index (χ3n) is 6.92. The smallest absolute Gasteiger partial charge is 0.225 e. The van der Waals surface area contributed by atoms with E-state index in [1.165, 1.54) is 11.1 Å². The van der Waals surface area contributed by atoms with E-state index in [9.17, 15) is 4.79 Å². The molecule has 3 N–H and O–H groups in total. The lowest BCUT2D eigenvalue weighted by atomic mass is 9.91. The summed E-state index contributed by atoms with van der Waals surface area (Å²) in [4.78, 5) is 14.7. The van der Waals surface area contributed by atoms with Crippen LogP contribution in [0.2, 0.25) is 5.02 Å². The minimum absolute atomic E-state index is 0.0721. The molecular weight excluding hydrogens is 446 g/mol. The minimum Gasteiger partial charge on any atom is -0.385 e. The number of benzene rings is 2. The summed E-state index contributed by atoms with van der Waals surface area (Å²) in [6, 6.07) is 15.0. The number of halogens is 1. The molecule has 5 nitrogen and oxygen atoms in total. The molecule has 0 radical (unpaired) electrons. The average molecular weight is 486 g/mol. The van der Waals surface area contributed by atoms with Crippen molar-refractivity contribution in [3.8, 4) is 11.1 Å². The highest BCUT2D eigenvalue weighted by Gasteiger charge is 2.29. The largest absolute Gasteiger partial charge is 0.385 e. The first-order valence-corrected chi connectivity index (χ1v) is 12.9. The van der Waals surface area contributed by atoms with Crippen LogP contribution in [0.4, 0.5) is 0 Å². The van der Waals surface area contributed by atoms with Crippen molar-refractivity contribution in [2.75, 3.05) is 33.9 Å². The average Bonchev–Trinajstić information content (AvgIpc) is 3.28. The van der Waals surface area contributed by atoms with Gasteiger partial charge in [0.2, 0.25) is 5.91 Å². The molecule has 1 fully saturated rings. The van der Waals surface area contributed by atoms with Crippen molar-refractivity contribution in [3.63, 3.8) is 0 Å². The fourth-order valence-electron chi connectivity index (χ4n) is 4.95. The van der Waals surface area contributed by atoms with E-state index >= 15 is 0 Å². The van der Waals surface area contributed by atoms with Gasteiger partial charge in [0.25, 0.3) is 0 Å². The van der Waals surface area contributed by atoms with Gasteiger partial charge in [-0.05, 0) is 61.3 Å². The minimum atomic E-state index is 0.0721. The van der Waals surface area contributed by atoms with Crippen LogP contribution in [0.25, 0.3) is 11.1 Å². The Morgan fingerprint density at radius 1 is 1.26 bits per heavy atom. The highest BCUT2D eigenvalue weighted by atomic mass is 35.5. The van der Waals surface area contributed by atoms with Crippen molar-refractivity contribution in [2.45, 2.75) is 57.5 Å². The van der Waals surface area contributed by atoms with Gasteiger partial charge in [0.15, 0.2) is 0 Å². The molecule has 1 aliphatic rings. The third-order valence-corrected chi connectivity index (χ3v) is 7.24. The number of hydrogen-bond donors (Lipinski definition) is 2. The van der Waals surface area contributed by atoms with Crippen molar-refractivity contribution in [1.82, 2.24) is 10.2 Å². The van der Waals surface area contributed by atoms with Crippen LogP contribution < -0.4 is 11.1 Å². The number of hydrogen-bond acceptors (Lipinski definition) is 4. The van der Waals surface area contributed by atoms with Crippen LogP contribution in [0.5, 0.6) is 0 Å². The highest BCUT2D eigenvalue weighted by molar-refractivity contribution is 6.33. The number of ether oxygens (including phenoxy) is 1. The van der Waals surface area contributed by atoms with E-state index in [1.807, 2.05) is 24.1 Å². The quantitative estimate of drug-likeness (QED) is 0.405. The van der Waals surface area contributed by atoms with E-state index in [0.717, 1.165) is 54.7 Å². The topological polar surface area (TPSA) is 67.6 Å². The van der Waals surface area contributed by atoms with Crippen LogP contribution >= 0.6 is 11.6 Å². The molecule has 2 aromatic rings. The van der Waals surface area contributed by atoms with E-state index in [4.69, 9.17) is 22.1 Å². The highest BCUT2D eigenvalue weighted by Crippen LogP contribution is 2.36. The molecule has 0 aromatic heterocycles. The van der Waals surface area contributed by atoms with Gasteiger partial charge in [-0.1, -0.05) is 54.9 Å². The molecule has 1 amide bonds. The predicted octanol–water partition coefficient (Wildman–Crippen LogP) is 5.21. The summed E-state index contributed by atoms with van der Waals surface area (Å²) in [5.41, 5.74) is 10.7. The monoisotopic (exact) mass is 485 g/mol. The molecule has 0 aliphatic heterocycles. The van der Waals surface area contributed by atoms with Crippen LogP contribution in [0, 0.1) is 5.92 Å². The lowest BCUT2D eigenvalue weighted by molar-refractivity contribution is -0.134. The fraction of sp³-hybridized carbons (Fsp3) is 0.536. The molecule has 1 unspecified atom stereocenters. The van der Waals surface area contributed by atoms with Gasteiger partial charge in [0.05, 0.1) is 0 Å². The molecule has 0 heterocycles. The van der Waals surface area contributed by atoms with Gasteiger partial charge in [0, 0.05) is 62.4 Å². The van der Waals surface area contributed by atoms with E-state index < -0.39 is 0 Å². The zero-order valence-electron chi connectivity index (χ0n) is 20.9. The molecule has 34 heavy (non-hydrogen) atoms. The van der Waals surface area contributed by atoms with Gasteiger partial charge >= 0.3 is 0 Å². The van der Waals surface area contributed by atoms with E-state index in [0.29, 0.717) is 19.7 Å². The van der Waals surface area contributed by atoms with Crippen molar-refractivity contribution < 1.29 is 9.53 Å². The third kappa shape index (κ3) is 7.05. The van der Waals surface area contributed by atoms with E-state index in [-0.39, 0.29) is 23.9 Å². The second-order valence-corrected chi connectivity index (χ2v) is 9.84. The second-order valence-electron chi connectivity index (χ2n) is 9.43. The van der Waals surface area contributed by atoms with Crippen molar-refractivity contribution >= 4 is 17.5 Å². The molecule has 0 spiro atoms. The van der Waals surface area contributed by atoms with Crippen molar-refractivity contribution in [1.29, 1.82) is 0 Å². The Bertz CT molecular complexity index is 936. The van der Waals surface area contributed by atoms with Crippen LogP contribution in [0.1, 0.15) is 56.2 Å². The SMILES string of the molecule is CCc1cccc(-c2c(Cl)cccc2C(CCCOC)NCCN(C)C(=O)[C@@H]2CC[C@H](N)C2)c1. The molecule has 1 aliphatic carbocycles. The number of carbonyl (C=O) groups excluding carboxylic acids is 1. The number of nitrogens with one attached hydrogen (secondary N) is 1. The zero-order chi connectivity index (χ0) is 24.5. The maximum Gasteiger partial charge on any atom is 0.225 e. The Morgan fingerprint density at radius 2 is 2.06 bits per heavy atom. The predicted molar refractivity (Wildman–Crippen MR) is 141 cm³/mol. The normalized spacial score (nSPS) is 18.7. The maximum absolute atomic E-state index is 12.8. The summed E-state index contributed by atoms with van der Waals surface area (Å²) in [7, 11) is 3.63. The van der Waals surface area contributed by atoms with Gasteiger partial charge in [-0.2, -0.15) is 0 Å². The molecule has 0 bridgehead atoms. The summed E-state index contributed by atoms with van der Waals surface area (Å²) >= 11 is 6.76. The van der Waals surface area contributed by atoms with Crippen molar-refractivity contribution in [3.05, 3.63) is 58.6 Å². The van der Waals surface area contributed by atoms with Crippen LogP contribution in [-0.4, -0.2) is 50.7 Å². The van der Waals surface area contributed by atoms with E-state index in [1.54, 1.807) is 7.11 Å². The first-order chi connectivity index (χ1) is 16.4. The molecule has 186 valence electrons. The zero-order valence-corrected chi connectivity index (χ0v) is 21.6. The summed E-state index contributed by atoms with van der Waals surface area (Å²) in [5.74, 6) is 0.286. The molecule has 6 heteroatoms. The standard InChI is InChI=1S/C28H40ClN3O2/c1-4-20-8-5-9-21(18-20)27-24(10-6-11-25(27)29)26(12-7-17-34-3)31-15-16-32(2)28(33)22-13-14-23(30)19-22/h5-6,8-11,18,22-23,26,31H,4,7,12-17,19,30H2,1-3H3/t22-,23+,26?/m1/s1. The first-order valence-electron chi connectivity index (χ1n) is 12.5. The summed E-state index contributed by atoms with van der Waals surface area (Å²) in [5, 5.41) is 4.47. The molecule has 2 aromatic carbocycles. The Hall–Kier alpha value is -1.92. The van der Waals surface area contributed by atoms with Crippen LogP contribution in [-0.2, 0) is 16.0 Å². The van der Waals surface area contributed by atoms with E-state index in [2.05, 4.69) is 42.6 Å². The van der Waals surface area contributed by atoms with Crippen molar-refractivity contribution in [2.24, 2.45) is 11.7 Å². The molecular formula is C28H40ClN3O2. The number of rotatable bonds is 12. The van der Waals surface area contributed by atoms with Gasteiger partial charge in [0.1, 0.15) is 0 Å². The molecule has 3 rings (SSSR count). The van der Waals surface area contributed by atoms with Gasteiger partial charge < -0.3 is 20.7 Å². The summed E-state index contributed by atoms with van der Waals surface area (Å²) < 4.78 is 5.32. The molecule has 1 saturated carbocycles. The molecule has 3 atom stereocenters. The van der Waals surface area contributed by atoms with Crippen LogP contribution in [0.15, 0.2) is 42.5 Å². The number of amides is 1. The Balaban J connectivity index is 1.75. The number of carbonyl (C=O) groups is 1. The number of nitrogens with two attached hydrogens (primary N) is 1.